The fourth-order valence-electron chi connectivity index (χ4n) is 3.52. The van der Waals surface area contributed by atoms with Gasteiger partial charge in [-0.25, -0.2) is 0 Å². The molecule has 132 valence electrons. The molecule has 2 saturated heterocycles. The summed E-state index contributed by atoms with van der Waals surface area (Å²) in [5, 5.41) is 0. The van der Waals surface area contributed by atoms with Gasteiger partial charge in [0.1, 0.15) is 0 Å². The summed E-state index contributed by atoms with van der Waals surface area (Å²) in [6.45, 7) is 7.22. The number of nitrogens with two attached hydrogens (primary N) is 1. The summed E-state index contributed by atoms with van der Waals surface area (Å²) in [6, 6.07) is 6.29. The van der Waals surface area contributed by atoms with Gasteiger partial charge in [0, 0.05) is 32.6 Å². The van der Waals surface area contributed by atoms with Crippen LogP contribution in [0.4, 0.5) is 11.4 Å². The van der Waals surface area contributed by atoms with Gasteiger partial charge in [-0.3, -0.25) is 4.79 Å². The third-order valence-corrected chi connectivity index (χ3v) is 5.21. The maximum absolute atomic E-state index is 12.2. The van der Waals surface area contributed by atoms with Gasteiger partial charge in [0.05, 0.1) is 24.6 Å². The van der Waals surface area contributed by atoms with Gasteiger partial charge < -0.3 is 20.3 Å². The number of morpholine rings is 1. The van der Waals surface area contributed by atoms with E-state index >= 15 is 0 Å². The number of hydrogen-bond acceptors (Lipinski definition) is 4. The van der Waals surface area contributed by atoms with E-state index in [1.165, 1.54) is 12.8 Å². The van der Waals surface area contributed by atoms with Crippen molar-refractivity contribution in [2.45, 2.75) is 32.6 Å². The van der Waals surface area contributed by atoms with E-state index in [0.29, 0.717) is 32.7 Å². The van der Waals surface area contributed by atoms with Gasteiger partial charge in [-0.1, -0.05) is 13.0 Å². The number of ether oxygens (including phenoxy) is 1. The van der Waals surface area contributed by atoms with Gasteiger partial charge in [-0.2, -0.15) is 0 Å². The number of amides is 1. The molecule has 0 aliphatic carbocycles. The Hall–Kier alpha value is -1.75. The van der Waals surface area contributed by atoms with Crippen LogP contribution in [0.2, 0.25) is 0 Å². The zero-order valence-electron chi connectivity index (χ0n) is 14.7. The molecule has 1 aromatic rings. The normalized spacial score (nSPS) is 19.5. The minimum atomic E-state index is 0.214. The maximum Gasteiger partial charge on any atom is 0.223 e. The Kier molecular flexibility index (Phi) is 5.61. The summed E-state index contributed by atoms with van der Waals surface area (Å²) in [5.41, 5.74) is 9.40. The summed E-state index contributed by atoms with van der Waals surface area (Å²) < 4.78 is 5.29. The lowest BCUT2D eigenvalue weighted by Crippen LogP contribution is -2.40. The van der Waals surface area contributed by atoms with E-state index in [-0.39, 0.29) is 5.91 Å². The van der Waals surface area contributed by atoms with Gasteiger partial charge >= 0.3 is 0 Å². The molecular weight excluding hydrogens is 302 g/mol. The van der Waals surface area contributed by atoms with Crippen LogP contribution in [0.1, 0.15) is 31.7 Å². The lowest BCUT2D eigenvalue weighted by molar-refractivity contribution is -0.135. The van der Waals surface area contributed by atoms with Crippen molar-refractivity contribution < 1.29 is 9.53 Å². The largest absolute Gasteiger partial charge is 0.397 e. The van der Waals surface area contributed by atoms with Crippen LogP contribution in [0.5, 0.6) is 0 Å². The average molecular weight is 331 g/mol. The molecule has 3 rings (SSSR count). The second kappa shape index (κ2) is 7.88. The van der Waals surface area contributed by atoms with Crippen molar-refractivity contribution in [3.05, 3.63) is 23.8 Å². The van der Waals surface area contributed by atoms with Crippen molar-refractivity contribution in [2.24, 2.45) is 5.92 Å². The van der Waals surface area contributed by atoms with Gasteiger partial charge in [0.25, 0.3) is 0 Å². The molecule has 0 atom stereocenters. The number of aryl methyl sites for hydroxylation is 1. The Balaban J connectivity index is 1.55. The molecular formula is C19H29N3O2. The summed E-state index contributed by atoms with van der Waals surface area (Å²) in [4.78, 5) is 16.5. The minimum Gasteiger partial charge on any atom is -0.397 e. The van der Waals surface area contributed by atoms with E-state index in [1.807, 2.05) is 11.0 Å². The van der Waals surface area contributed by atoms with Crippen molar-refractivity contribution >= 4 is 17.3 Å². The number of nitrogen functional groups attached to an aromatic ring is 1. The van der Waals surface area contributed by atoms with E-state index in [1.54, 1.807) is 0 Å². The standard InChI is InChI=1S/C19H29N3O2/c1-15-6-8-21(9-7-15)18-4-2-16(14-17(18)20)3-5-19(23)22-10-12-24-13-11-22/h2,4,14-15H,3,5-13,20H2,1H3. The predicted octanol–water partition coefficient (Wildman–Crippen LogP) is 2.30. The van der Waals surface area contributed by atoms with Crippen LogP contribution in [0.15, 0.2) is 18.2 Å². The first-order valence-corrected chi connectivity index (χ1v) is 9.12. The number of benzene rings is 1. The molecule has 0 bridgehead atoms. The fraction of sp³-hybridized carbons (Fsp3) is 0.632. The molecule has 1 amide bonds. The first-order chi connectivity index (χ1) is 11.6. The van der Waals surface area contributed by atoms with Crippen LogP contribution in [0.25, 0.3) is 0 Å². The van der Waals surface area contributed by atoms with E-state index in [4.69, 9.17) is 10.5 Å². The van der Waals surface area contributed by atoms with Crippen LogP contribution < -0.4 is 10.6 Å². The molecule has 0 radical (unpaired) electrons. The zero-order chi connectivity index (χ0) is 16.9. The van der Waals surface area contributed by atoms with Crippen molar-refractivity contribution in [3.8, 4) is 0 Å². The van der Waals surface area contributed by atoms with Crippen molar-refractivity contribution in [2.75, 3.05) is 50.0 Å². The Labute approximate surface area is 144 Å². The smallest absolute Gasteiger partial charge is 0.223 e. The molecule has 0 unspecified atom stereocenters. The number of hydrogen-bond donors (Lipinski definition) is 1. The number of carbonyl (C=O) groups excluding carboxylic acids is 1. The van der Waals surface area contributed by atoms with E-state index in [9.17, 15) is 4.79 Å². The van der Waals surface area contributed by atoms with Gasteiger partial charge in [-0.05, 0) is 42.9 Å². The first-order valence-electron chi connectivity index (χ1n) is 9.12. The fourth-order valence-corrected chi connectivity index (χ4v) is 3.52. The van der Waals surface area contributed by atoms with E-state index in [0.717, 1.165) is 42.4 Å². The van der Waals surface area contributed by atoms with Crippen LogP contribution in [-0.4, -0.2) is 50.2 Å². The van der Waals surface area contributed by atoms with E-state index in [2.05, 4.69) is 24.0 Å². The monoisotopic (exact) mass is 331 g/mol. The van der Waals surface area contributed by atoms with Crippen LogP contribution in [0.3, 0.4) is 0 Å². The molecule has 0 spiro atoms. The quantitative estimate of drug-likeness (QED) is 0.860. The number of nitrogens with zero attached hydrogens (tertiary/aromatic N) is 2. The number of rotatable bonds is 4. The van der Waals surface area contributed by atoms with Crippen molar-refractivity contribution in [3.63, 3.8) is 0 Å². The molecule has 2 aliphatic rings. The Morgan fingerprint density at radius 1 is 1.21 bits per heavy atom. The topological polar surface area (TPSA) is 58.8 Å². The molecule has 5 nitrogen and oxygen atoms in total. The SMILES string of the molecule is CC1CCN(c2ccc(CCC(=O)N3CCOCC3)cc2N)CC1. The Morgan fingerprint density at radius 2 is 1.92 bits per heavy atom. The average Bonchev–Trinajstić information content (AvgIpc) is 2.61. The van der Waals surface area contributed by atoms with Gasteiger partial charge in [0.15, 0.2) is 0 Å². The molecule has 5 heteroatoms. The lowest BCUT2D eigenvalue weighted by Gasteiger charge is -2.33. The Bertz CT molecular complexity index is 562. The molecule has 2 N–H and O–H groups in total. The highest BCUT2D eigenvalue weighted by atomic mass is 16.5. The highest BCUT2D eigenvalue weighted by Crippen LogP contribution is 2.29. The highest BCUT2D eigenvalue weighted by molar-refractivity contribution is 5.77. The summed E-state index contributed by atoms with van der Waals surface area (Å²) in [5.74, 6) is 1.03. The van der Waals surface area contributed by atoms with E-state index < -0.39 is 0 Å². The second-order valence-electron chi connectivity index (χ2n) is 7.06. The van der Waals surface area contributed by atoms with Gasteiger partial charge in [-0.15, -0.1) is 0 Å². The molecule has 0 saturated carbocycles. The second-order valence-corrected chi connectivity index (χ2v) is 7.06. The van der Waals surface area contributed by atoms with Gasteiger partial charge in [0.2, 0.25) is 5.91 Å². The molecule has 2 fully saturated rings. The van der Waals surface area contributed by atoms with Crippen molar-refractivity contribution in [1.82, 2.24) is 4.90 Å². The number of anilines is 2. The summed E-state index contributed by atoms with van der Waals surface area (Å²) in [7, 11) is 0. The molecule has 0 aromatic heterocycles. The van der Waals surface area contributed by atoms with Crippen LogP contribution >= 0.6 is 0 Å². The maximum atomic E-state index is 12.2. The highest BCUT2D eigenvalue weighted by Gasteiger charge is 2.19. The predicted molar refractivity (Wildman–Crippen MR) is 97.2 cm³/mol. The third-order valence-electron chi connectivity index (χ3n) is 5.21. The number of carbonyl (C=O) groups is 1. The zero-order valence-corrected chi connectivity index (χ0v) is 14.7. The molecule has 24 heavy (non-hydrogen) atoms. The minimum absolute atomic E-state index is 0.214. The summed E-state index contributed by atoms with van der Waals surface area (Å²) in [6.07, 6.45) is 3.75. The molecule has 2 heterocycles. The van der Waals surface area contributed by atoms with Crippen LogP contribution in [-0.2, 0) is 16.0 Å². The first kappa shape index (κ1) is 17.1. The number of piperidine rings is 1. The Morgan fingerprint density at radius 3 is 2.58 bits per heavy atom. The molecule has 1 aromatic carbocycles. The summed E-state index contributed by atoms with van der Waals surface area (Å²) >= 11 is 0. The van der Waals surface area contributed by atoms with Crippen molar-refractivity contribution in [1.29, 1.82) is 0 Å². The molecule has 2 aliphatic heterocycles. The lowest BCUT2D eigenvalue weighted by atomic mass is 9.98. The van der Waals surface area contributed by atoms with Crippen LogP contribution in [0, 0.1) is 5.92 Å². The third kappa shape index (κ3) is 4.20.